The van der Waals surface area contributed by atoms with E-state index in [2.05, 4.69) is 20.8 Å². The maximum Gasteiger partial charge on any atom is 0.133 e. The number of Topliss-reactive ketones (excluding diaryl/α,β-unsaturated/α-hetero) is 1. The van der Waals surface area contributed by atoms with Gasteiger partial charge in [0.05, 0.1) is 12.2 Å². The minimum Gasteiger partial charge on any atom is -0.385 e. The topological polar surface area (TPSA) is 44.8 Å². The second-order valence-electron chi connectivity index (χ2n) is 11.9. The molecule has 0 unspecified atom stereocenters. The Balaban J connectivity index is 1.65. The third kappa shape index (κ3) is 3.73. The van der Waals surface area contributed by atoms with Crippen molar-refractivity contribution in [3.63, 3.8) is 0 Å². The normalized spacial score (nSPS) is 48.1. The van der Waals surface area contributed by atoms with E-state index in [1.807, 2.05) is 14.2 Å². The van der Waals surface area contributed by atoms with Crippen molar-refractivity contribution in [2.45, 2.75) is 90.8 Å². The highest BCUT2D eigenvalue weighted by molar-refractivity contribution is 5.79. The van der Waals surface area contributed by atoms with Gasteiger partial charge in [-0.05, 0) is 85.9 Å². The standard InChI is InChI=1S/C27H46O4/c1-17(8-7-13-29-4)20-9-10-21-25-22(16-24(31-6)27(20,21)3)26(2)12-11-19(28)14-18(26)15-23(25)30-5/h17-18,20-25H,7-16H2,1-6H3/t17-,18+,20-,21+,22+,23-,24+,25+,26+,27-/m1/s1. The van der Waals surface area contributed by atoms with E-state index < -0.39 is 0 Å². The first-order valence-corrected chi connectivity index (χ1v) is 12.9. The molecule has 4 heteroatoms. The van der Waals surface area contributed by atoms with Crippen molar-refractivity contribution >= 4 is 5.78 Å². The van der Waals surface area contributed by atoms with E-state index in [0.29, 0.717) is 53.5 Å². The van der Waals surface area contributed by atoms with Crippen molar-refractivity contribution in [1.29, 1.82) is 0 Å². The fourth-order valence-electron chi connectivity index (χ4n) is 9.24. The SMILES string of the molecule is COCCC[C@@H](C)[C@H]1CC[C@H]2[C@@H]3[C@H](OC)C[C@@H]4CC(=O)CC[C@]4(C)[C@H]3C[C@H](OC)[C@]12C. The quantitative estimate of drug-likeness (QED) is 0.494. The summed E-state index contributed by atoms with van der Waals surface area (Å²) in [6.07, 6.45) is 10.4. The predicted molar refractivity (Wildman–Crippen MR) is 123 cm³/mol. The van der Waals surface area contributed by atoms with E-state index in [1.165, 1.54) is 19.3 Å². The van der Waals surface area contributed by atoms with Gasteiger partial charge in [0.25, 0.3) is 0 Å². The lowest BCUT2D eigenvalue weighted by Gasteiger charge is -2.64. The fraction of sp³-hybridized carbons (Fsp3) is 0.963. The molecule has 0 radical (unpaired) electrons. The zero-order chi connectivity index (χ0) is 22.4. The van der Waals surface area contributed by atoms with Gasteiger partial charge in [0.15, 0.2) is 0 Å². The first-order valence-electron chi connectivity index (χ1n) is 12.9. The Labute approximate surface area is 190 Å². The lowest BCUT2D eigenvalue weighted by Crippen LogP contribution is -2.62. The molecule has 0 amide bonds. The molecule has 0 saturated heterocycles. The van der Waals surface area contributed by atoms with Crippen LogP contribution in [0.15, 0.2) is 0 Å². The Bertz CT molecular complexity index is 649. The third-order valence-corrected chi connectivity index (χ3v) is 10.9. The van der Waals surface area contributed by atoms with Crippen LogP contribution >= 0.6 is 0 Å². The summed E-state index contributed by atoms with van der Waals surface area (Å²) < 4.78 is 17.9. The van der Waals surface area contributed by atoms with Crippen LogP contribution in [-0.2, 0) is 19.0 Å². The predicted octanol–water partition coefficient (Wildman–Crippen LogP) is 5.53. The number of carbonyl (C=O) groups is 1. The van der Waals surface area contributed by atoms with Crippen LogP contribution in [0, 0.1) is 46.3 Å². The van der Waals surface area contributed by atoms with Crippen LogP contribution in [-0.4, -0.2) is 45.9 Å². The van der Waals surface area contributed by atoms with Crippen LogP contribution < -0.4 is 0 Å². The monoisotopic (exact) mass is 434 g/mol. The fourth-order valence-corrected chi connectivity index (χ4v) is 9.24. The molecule has 4 nitrogen and oxygen atoms in total. The van der Waals surface area contributed by atoms with Crippen LogP contribution in [0.3, 0.4) is 0 Å². The molecule has 0 aromatic carbocycles. The molecule has 0 spiro atoms. The number of rotatable bonds is 7. The number of hydrogen-bond donors (Lipinski definition) is 0. The molecule has 4 rings (SSSR count). The molecule has 0 aliphatic heterocycles. The smallest absolute Gasteiger partial charge is 0.133 e. The molecule has 10 atom stereocenters. The molecule has 4 aliphatic rings. The molecule has 31 heavy (non-hydrogen) atoms. The van der Waals surface area contributed by atoms with Gasteiger partial charge in [0.1, 0.15) is 5.78 Å². The molecule has 0 aromatic heterocycles. The number of hydrogen-bond acceptors (Lipinski definition) is 4. The van der Waals surface area contributed by atoms with Gasteiger partial charge in [0, 0.05) is 46.2 Å². The average molecular weight is 435 g/mol. The number of fused-ring (bicyclic) bond motifs is 5. The summed E-state index contributed by atoms with van der Waals surface area (Å²) in [4.78, 5) is 12.3. The van der Waals surface area contributed by atoms with Gasteiger partial charge in [-0.1, -0.05) is 20.8 Å². The molecule has 4 aliphatic carbocycles. The summed E-state index contributed by atoms with van der Waals surface area (Å²) in [5.41, 5.74) is 0.473. The van der Waals surface area contributed by atoms with Gasteiger partial charge < -0.3 is 14.2 Å². The molecule has 4 fully saturated rings. The average Bonchev–Trinajstić information content (AvgIpc) is 3.11. The van der Waals surface area contributed by atoms with Crippen molar-refractivity contribution in [1.82, 2.24) is 0 Å². The first kappa shape index (κ1) is 23.7. The third-order valence-electron chi connectivity index (χ3n) is 10.9. The maximum absolute atomic E-state index is 12.3. The van der Waals surface area contributed by atoms with E-state index in [-0.39, 0.29) is 10.8 Å². The van der Waals surface area contributed by atoms with Gasteiger partial charge in [0.2, 0.25) is 0 Å². The summed E-state index contributed by atoms with van der Waals surface area (Å²) >= 11 is 0. The van der Waals surface area contributed by atoms with Gasteiger partial charge >= 0.3 is 0 Å². The van der Waals surface area contributed by atoms with Gasteiger partial charge in [-0.25, -0.2) is 0 Å². The zero-order valence-corrected chi connectivity index (χ0v) is 20.8. The van der Waals surface area contributed by atoms with Crippen LogP contribution in [0.5, 0.6) is 0 Å². The Morgan fingerprint density at radius 2 is 1.84 bits per heavy atom. The van der Waals surface area contributed by atoms with Crippen molar-refractivity contribution in [3.8, 4) is 0 Å². The number of ether oxygens (including phenoxy) is 3. The molecule has 0 N–H and O–H groups in total. The summed E-state index contributed by atoms with van der Waals surface area (Å²) in [5, 5.41) is 0. The Morgan fingerprint density at radius 3 is 2.52 bits per heavy atom. The highest BCUT2D eigenvalue weighted by Crippen LogP contribution is 2.69. The van der Waals surface area contributed by atoms with E-state index in [1.54, 1.807) is 7.11 Å². The highest BCUT2D eigenvalue weighted by atomic mass is 16.5. The molecule has 0 aromatic rings. The Hall–Kier alpha value is -0.450. The van der Waals surface area contributed by atoms with Crippen molar-refractivity contribution in [3.05, 3.63) is 0 Å². The van der Waals surface area contributed by atoms with Crippen molar-refractivity contribution in [2.75, 3.05) is 27.9 Å². The summed E-state index contributed by atoms with van der Waals surface area (Å²) in [5.74, 6) is 4.21. The minimum atomic E-state index is 0.215. The maximum atomic E-state index is 12.3. The van der Waals surface area contributed by atoms with Crippen LogP contribution in [0.4, 0.5) is 0 Å². The number of ketones is 1. The molecule has 4 saturated carbocycles. The number of carbonyl (C=O) groups excluding carboxylic acids is 1. The van der Waals surface area contributed by atoms with Crippen LogP contribution in [0.2, 0.25) is 0 Å². The number of methoxy groups -OCH3 is 3. The zero-order valence-electron chi connectivity index (χ0n) is 20.8. The van der Waals surface area contributed by atoms with Crippen molar-refractivity contribution < 1.29 is 19.0 Å². The van der Waals surface area contributed by atoms with Crippen molar-refractivity contribution in [2.24, 2.45) is 46.3 Å². The molecule has 178 valence electrons. The lowest BCUT2D eigenvalue weighted by atomic mass is 9.43. The lowest BCUT2D eigenvalue weighted by molar-refractivity contribution is -0.211. The minimum absolute atomic E-state index is 0.215. The summed E-state index contributed by atoms with van der Waals surface area (Å²) in [6.45, 7) is 8.38. The van der Waals surface area contributed by atoms with Gasteiger partial charge in [-0.3, -0.25) is 4.79 Å². The Kier molecular flexibility index (Phi) is 6.93. The summed E-state index contributed by atoms with van der Waals surface area (Å²) in [7, 11) is 5.66. The highest BCUT2D eigenvalue weighted by Gasteiger charge is 2.66. The van der Waals surface area contributed by atoms with E-state index in [0.717, 1.165) is 45.1 Å². The summed E-state index contributed by atoms with van der Waals surface area (Å²) in [6, 6.07) is 0. The molecule has 0 bridgehead atoms. The van der Waals surface area contributed by atoms with E-state index in [9.17, 15) is 4.79 Å². The van der Waals surface area contributed by atoms with Crippen LogP contribution in [0.1, 0.15) is 78.6 Å². The largest absolute Gasteiger partial charge is 0.385 e. The molecule has 0 heterocycles. The van der Waals surface area contributed by atoms with E-state index in [4.69, 9.17) is 14.2 Å². The van der Waals surface area contributed by atoms with Gasteiger partial charge in [-0.15, -0.1) is 0 Å². The molecular weight excluding hydrogens is 388 g/mol. The van der Waals surface area contributed by atoms with Crippen LogP contribution in [0.25, 0.3) is 0 Å². The second kappa shape index (κ2) is 9.06. The second-order valence-corrected chi connectivity index (χ2v) is 11.9. The molecular formula is C27H46O4. The first-order chi connectivity index (χ1) is 14.8. The van der Waals surface area contributed by atoms with Gasteiger partial charge in [-0.2, -0.15) is 0 Å². The Morgan fingerprint density at radius 1 is 1.06 bits per heavy atom. The van der Waals surface area contributed by atoms with E-state index >= 15 is 0 Å².